The molecule has 3 aromatic heterocycles. The van der Waals surface area contributed by atoms with E-state index in [-0.39, 0.29) is 6.04 Å². The molecule has 16 heavy (non-hydrogen) atoms. The Bertz CT molecular complexity index is 593. The van der Waals surface area contributed by atoms with Crippen LogP contribution in [0.1, 0.15) is 15.8 Å². The van der Waals surface area contributed by atoms with Crippen molar-refractivity contribution in [1.29, 1.82) is 0 Å². The number of rotatable bonds is 2. The van der Waals surface area contributed by atoms with Gasteiger partial charge in [0.2, 0.25) is 0 Å². The molecule has 0 spiro atoms. The van der Waals surface area contributed by atoms with Gasteiger partial charge in [-0.15, -0.1) is 34.0 Å². The highest BCUT2D eigenvalue weighted by Crippen LogP contribution is 2.38. The summed E-state index contributed by atoms with van der Waals surface area (Å²) >= 11 is 11.2. The normalized spacial score (nSPS) is 13.4. The van der Waals surface area contributed by atoms with Gasteiger partial charge < -0.3 is 5.73 Å². The lowest BCUT2D eigenvalue weighted by molar-refractivity contribution is 0.918. The van der Waals surface area contributed by atoms with Gasteiger partial charge in [-0.3, -0.25) is 0 Å². The average Bonchev–Trinajstić information content (AvgIpc) is 2.89. The number of hydrogen-bond acceptors (Lipinski definition) is 4. The summed E-state index contributed by atoms with van der Waals surface area (Å²) in [5, 5.41) is 4.86. The maximum atomic E-state index is 6.23. The minimum Gasteiger partial charge on any atom is -0.319 e. The largest absolute Gasteiger partial charge is 0.319 e. The van der Waals surface area contributed by atoms with Crippen molar-refractivity contribution in [3.05, 3.63) is 43.7 Å². The van der Waals surface area contributed by atoms with Crippen LogP contribution >= 0.6 is 45.6 Å². The molecule has 0 aliphatic heterocycles. The van der Waals surface area contributed by atoms with Crippen LogP contribution in [0.25, 0.3) is 9.40 Å². The lowest BCUT2D eigenvalue weighted by Gasteiger charge is -2.07. The maximum absolute atomic E-state index is 6.23. The minimum absolute atomic E-state index is 0.0860. The third-order valence-corrected chi connectivity index (χ3v) is 6.01. The van der Waals surface area contributed by atoms with Gasteiger partial charge in [-0.25, -0.2) is 0 Å². The van der Waals surface area contributed by atoms with Crippen molar-refractivity contribution >= 4 is 55.0 Å². The van der Waals surface area contributed by atoms with Crippen LogP contribution in [0.4, 0.5) is 0 Å². The van der Waals surface area contributed by atoms with E-state index in [2.05, 4.69) is 17.5 Å². The molecule has 3 heterocycles. The maximum Gasteiger partial charge on any atom is 0.0755 e. The highest BCUT2D eigenvalue weighted by molar-refractivity contribution is 7.27. The van der Waals surface area contributed by atoms with E-state index >= 15 is 0 Å². The molecule has 82 valence electrons. The van der Waals surface area contributed by atoms with E-state index in [4.69, 9.17) is 17.3 Å². The van der Waals surface area contributed by atoms with E-state index < -0.39 is 0 Å². The molecule has 0 bridgehead atoms. The first-order chi connectivity index (χ1) is 7.75. The Labute approximate surface area is 110 Å². The zero-order valence-electron chi connectivity index (χ0n) is 8.14. The first-order valence-corrected chi connectivity index (χ1v) is 7.66. The molecule has 0 aliphatic rings. The first kappa shape index (κ1) is 10.7. The Morgan fingerprint density at radius 2 is 1.94 bits per heavy atom. The second-order valence-corrected chi connectivity index (χ2v) is 6.83. The minimum atomic E-state index is -0.0860. The Kier molecular flexibility index (Phi) is 2.77. The molecule has 0 amide bonds. The number of hydrogen-bond donors (Lipinski definition) is 1. The van der Waals surface area contributed by atoms with E-state index in [9.17, 15) is 0 Å². The fourth-order valence-electron chi connectivity index (χ4n) is 1.59. The Balaban J connectivity index is 2.04. The van der Waals surface area contributed by atoms with Crippen LogP contribution in [0.3, 0.4) is 0 Å². The zero-order valence-corrected chi connectivity index (χ0v) is 11.3. The number of nitrogens with two attached hydrogens (primary N) is 1. The molecule has 2 N–H and O–H groups in total. The fraction of sp³-hybridized carbons (Fsp3) is 0.0909. The lowest BCUT2D eigenvalue weighted by atomic mass is 10.2. The highest BCUT2D eigenvalue weighted by atomic mass is 35.5. The quantitative estimate of drug-likeness (QED) is 0.724. The van der Waals surface area contributed by atoms with Crippen molar-refractivity contribution in [3.63, 3.8) is 0 Å². The second kappa shape index (κ2) is 4.13. The van der Waals surface area contributed by atoms with Crippen LogP contribution in [0.5, 0.6) is 0 Å². The predicted octanol–water partition coefficient (Wildman–Crippen LogP) is 4.73. The van der Waals surface area contributed by atoms with Gasteiger partial charge in [0.25, 0.3) is 0 Å². The SMILES string of the molecule is NC(c1cc2sccc2s1)c1sccc1Cl. The van der Waals surface area contributed by atoms with E-state index in [1.165, 1.54) is 14.3 Å². The lowest BCUT2D eigenvalue weighted by Crippen LogP contribution is -2.08. The van der Waals surface area contributed by atoms with Crippen LogP contribution in [-0.2, 0) is 0 Å². The molecular weight excluding hydrogens is 278 g/mol. The van der Waals surface area contributed by atoms with E-state index in [1.54, 1.807) is 34.0 Å². The monoisotopic (exact) mass is 285 g/mol. The molecule has 0 aliphatic carbocycles. The van der Waals surface area contributed by atoms with Gasteiger partial charge in [-0.2, -0.15) is 0 Å². The molecule has 3 rings (SSSR count). The average molecular weight is 286 g/mol. The second-order valence-electron chi connectivity index (χ2n) is 3.41. The van der Waals surface area contributed by atoms with Gasteiger partial charge in [0.1, 0.15) is 0 Å². The van der Waals surface area contributed by atoms with Gasteiger partial charge in [-0.1, -0.05) is 11.6 Å². The Hall–Kier alpha value is -0.390. The molecule has 1 atom stereocenters. The summed E-state index contributed by atoms with van der Waals surface area (Å²) in [4.78, 5) is 2.24. The number of fused-ring (bicyclic) bond motifs is 1. The van der Waals surface area contributed by atoms with Crippen LogP contribution in [0.15, 0.2) is 29.0 Å². The van der Waals surface area contributed by atoms with Crippen molar-refractivity contribution in [2.45, 2.75) is 6.04 Å². The summed E-state index contributed by atoms with van der Waals surface area (Å²) in [6.45, 7) is 0. The molecule has 0 fully saturated rings. The van der Waals surface area contributed by atoms with Crippen molar-refractivity contribution in [2.75, 3.05) is 0 Å². The van der Waals surface area contributed by atoms with E-state index in [1.807, 2.05) is 11.4 Å². The molecule has 0 aromatic carbocycles. The molecule has 1 unspecified atom stereocenters. The Morgan fingerprint density at radius 1 is 1.12 bits per heavy atom. The topological polar surface area (TPSA) is 26.0 Å². The van der Waals surface area contributed by atoms with Crippen LogP contribution in [-0.4, -0.2) is 0 Å². The van der Waals surface area contributed by atoms with Gasteiger partial charge in [0.05, 0.1) is 11.1 Å². The van der Waals surface area contributed by atoms with E-state index in [0.29, 0.717) is 0 Å². The number of thiophene rings is 3. The molecular formula is C11H8ClNS3. The summed E-state index contributed by atoms with van der Waals surface area (Å²) in [5.74, 6) is 0. The standard InChI is InChI=1S/C11H8ClNS3/c12-6-1-3-15-11(6)10(13)9-5-8-7(16-9)2-4-14-8/h1-5,10H,13H2. The summed E-state index contributed by atoms with van der Waals surface area (Å²) in [6.07, 6.45) is 0. The van der Waals surface area contributed by atoms with Gasteiger partial charge >= 0.3 is 0 Å². The molecule has 0 radical (unpaired) electrons. The Morgan fingerprint density at radius 3 is 2.62 bits per heavy atom. The summed E-state index contributed by atoms with van der Waals surface area (Å²) in [6, 6.07) is 6.12. The van der Waals surface area contributed by atoms with Crippen LogP contribution in [0, 0.1) is 0 Å². The van der Waals surface area contributed by atoms with Crippen molar-refractivity contribution < 1.29 is 0 Å². The summed E-state index contributed by atoms with van der Waals surface area (Å²) in [7, 11) is 0. The third-order valence-electron chi connectivity index (χ3n) is 2.39. The third kappa shape index (κ3) is 1.71. The van der Waals surface area contributed by atoms with Crippen LogP contribution < -0.4 is 5.73 Å². The van der Waals surface area contributed by atoms with Crippen molar-refractivity contribution in [1.82, 2.24) is 0 Å². The van der Waals surface area contributed by atoms with Crippen molar-refractivity contribution in [3.8, 4) is 0 Å². The molecule has 1 nitrogen and oxygen atoms in total. The van der Waals surface area contributed by atoms with Gasteiger partial charge in [0.15, 0.2) is 0 Å². The van der Waals surface area contributed by atoms with Gasteiger partial charge in [0, 0.05) is 19.2 Å². The first-order valence-electron chi connectivity index (χ1n) is 4.71. The summed E-state index contributed by atoms with van der Waals surface area (Å²) < 4.78 is 2.62. The summed E-state index contributed by atoms with van der Waals surface area (Å²) in [5.41, 5.74) is 6.23. The highest BCUT2D eigenvalue weighted by Gasteiger charge is 2.16. The predicted molar refractivity (Wildman–Crippen MR) is 75.1 cm³/mol. The molecule has 0 saturated carbocycles. The molecule has 5 heteroatoms. The van der Waals surface area contributed by atoms with Gasteiger partial charge in [-0.05, 0) is 29.0 Å². The van der Waals surface area contributed by atoms with E-state index in [0.717, 1.165) is 9.90 Å². The smallest absolute Gasteiger partial charge is 0.0755 e. The van der Waals surface area contributed by atoms with Crippen LogP contribution in [0.2, 0.25) is 5.02 Å². The molecule has 0 saturated heterocycles. The number of halogens is 1. The molecule has 3 aromatic rings. The van der Waals surface area contributed by atoms with Crippen molar-refractivity contribution in [2.24, 2.45) is 5.73 Å². The zero-order chi connectivity index (χ0) is 11.1. The fourth-order valence-corrected chi connectivity index (χ4v) is 4.99.